The third-order valence-corrected chi connectivity index (χ3v) is 2.85. The highest BCUT2D eigenvalue weighted by atomic mass is 16.3. The summed E-state index contributed by atoms with van der Waals surface area (Å²) in [6.45, 7) is 10.8. The number of aryl methyl sites for hydroxylation is 1. The first kappa shape index (κ1) is 14.3. The third-order valence-electron chi connectivity index (χ3n) is 2.85. The number of hydrogen-bond acceptors (Lipinski definition) is 3. The highest BCUT2D eigenvalue weighted by Gasteiger charge is 2.04. The van der Waals surface area contributed by atoms with E-state index in [1.54, 1.807) is 6.26 Å². The Bertz CT molecular complexity index is 307. The van der Waals surface area contributed by atoms with Gasteiger partial charge in [0.1, 0.15) is 5.76 Å². The van der Waals surface area contributed by atoms with Crippen molar-refractivity contribution < 1.29 is 4.42 Å². The van der Waals surface area contributed by atoms with E-state index in [-0.39, 0.29) is 0 Å². The fourth-order valence-electron chi connectivity index (χ4n) is 1.81. The van der Waals surface area contributed by atoms with Crippen molar-refractivity contribution in [3.63, 3.8) is 0 Å². The van der Waals surface area contributed by atoms with Gasteiger partial charge in [-0.05, 0) is 52.0 Å². The molecular weight excluding hydrogens is 212 g/mol. The molecule has 1 heterocycles. The summed E-state index contributed by atoms with van der Waals surface area (Å²) in [7, 11) is 2.16. The van der Waals surface area contributed by atoms with Gasteiger partial charge in [0, 0.05) is 12.1 Å². The molecule has 0 unspecified atom stereocenters. The van der Waals surface area contributed by atoms with Crippen LogP contribution < -0.4 is 5.32 Å². The van der Waals surface area contributed by atoms with Crippen LogP contribution in [0.3, 0.4) is 0 Å². The first-order chi connectivity index (χ1) is 8.09. The van der Waals surface area contributed by atoms with E-state index in [9.17, 15) is 0 Å². The van der Waals surface area contributed by atoms with Gasteiger partial charge in [-0.3, -0.25) is 0 Å². The maximum atomic E-state index is 5.30. The molecule has 17 heavy (non-hydrogen) atoms. The molecule has 0 aromatic carbocycles. The maximum absolute atomic E-state index is 5.30. The molecular formula is C14H26N2O. The summed E-state index contributed by atoms with van der Waals surface area (Å²) in [5.41, 5.74) is 1.29. The summed E-state index contributed by atoms with van der Waals surface area (Å²) in [6, 6.07) is 2.06. The minimum atomic E-state index is 0.737. The standard InChI is InChI=1S/C14H26N2O/c1-12(2)10-15-7-5-8-16(4)11-14-6-9-17-13(14)3/h6,9,12,15H,5,7-8,10-11H2,1-4H3. The van der Waals surface area contributed by atoms with Gasteiger partial charge in [-0.2, -0.15) is 0 Å². The molecule has 1 aromatic heterocycles. The molecule has 0 fully saturated rings. The lowest BCUT2D eigenvalue weighted by atomic mass is 10.2. The van der Waals surface area contributed by atoms with Crippen molar-refractivity contribution in [2.45, 2.75) is 33.7 Å². The molecule has 0 saturated carbocycles. The Kier molecular flexibility index (Phi) is 6.30. The molecule has 0 saturated heterocycles. The molecule has 1 rings (SSSR count). The van der Waals surface area contributed by atoms with E-state index in [4.69, 9.17) is 4.42 Å². The van der Waals surface area contributed by atoms with Crippen LogP contribution in [0.1, 0.15) is 31.6 Å². The van der Waals surface area contributed by atoms with Gasteiger partial charge in [-0.15, -0.1) is 0 Å². The van der Waals surface area contributed by atoms with Crippen molar-refractivity contribution in [1.29, 1.82) is 0 Å². The fraction of sp³-hybridized carbons (Fsp3) is 0.714. The molecule has 0 aliphatic rings. The topological polar surface area (TPSA) is 28.4 Å². The van der Waals surface area contributed by atoms with Crippen LogP contribution in [-0.2, 0) is 6.54 Å². The predicted molar refractivity (Wildman–Crippen MR) is 72.1 cm³/mol. The van der Waals surface area contributed by atoms with Gasteiger partial charge in [0.2, 0.25) is 0 Å². The largest absolute Gasteiger partial charge is 0.469 e. The summed E-state index contributed by atoms with van der Waals surface area (Å²) >= 11 is 0. The van der Waals surface area contributed by atoms with Crippen molar-refractivity contribution in [3.05, 3.63) is 23.7 Å². The van der Waals surface area contributed by atoms with Crippen LogP contribution in [0.15, 0.2) is 16.7 Å². The van der Waals surface area contributed by atoms with E-state index >= 15 is 0 Å². The van der Waals surface area contributed by atoms with Gasteiger partial charge in [0.15, 0.2) is 0 Å². The molecule has 3 heteroatoms. The lowest BCUT2D eigenvalue weighted by Gasteiger charge is -2.16. The normalized spacial score (nSPS) is 11.6. The van der Waals surface area contributed by atoms with Crippen molar-refractivity contribution in [2.75, 3.05) is 26.7 Å². The highest BCUT2D eigenvalue weighted by Crippen LogP contribution is 2.10. The van der Waals surface area contributed by atoms with E-state index in [2.05, 4.69) is 37.2 Å². The minimum absolute atomic E-state index is 0.737. The summed E-state index contributed by atoms with van der Waals surface area (Å²) in [5.74, 6) is 1.77. The number of nitrogens with zero attached hydrogens (tertiary/aromatic N) is 1. The van der Waals surface area contributed by atoms with Crippen molar-refractivity contribution in [2.24, 2.45) is 5.92 Å². The molecule has 0 aliphatic carbocycles. The van der Waals surface area contributed by atoms with Crippen LogP contribution in [0.25, 0.3) is 0 Å². The Balaban J connectivity index is 2.09. The lowest BCUT2D eigenvalue weighted by Crippen LogP contribution is -2.26. The second-order valence-corrected chi connectivity index (χ2v) is 5.19. The van der Waals surface area contributed by atoms with E-state index in [0.29, 0.717) is 0 Å². The molecule has 0 atom stereocenters. The van der Waals surface area contributed by atoms with Crippen LogP contribution in [-0.4, -0.2) is 31.6 Å². The van der Waals surface area contributed by atoms with Gasteiger partial charge in [0.05, 0.1) is 6.26 Å². The van der Waals surface area contributed by atoms with E-state index in [1.807, 2.05) is 6.92 Å². The molecule has 1 aromatic rings. The minimum Gasteiger partial charge on any atom is -0.469 e. The molecule has 0 spiro atoms. The first-order valence-electron chi connectivity index (χ1n) is 6.52. The molecule has 3 nitrogen and oxygen atoms in total. The quantitative estimate of drug-likeness (QED) is 0.706. The maximum Gasteiger partial charge on any atom is 0.105 e. The summed E-state index contributed by atoms with van der Waals surface area (Å²) in [5, 5.41) is 3.47. The monoisotopic (exact) mass is 238 g/mol. The first-order valence-corrected chi connectivity index (χ1v) is 6.52. The second kappa shape index (κ2) is 7.51. The molecule has 0 radical (unpaired) electrons. The van der Waals surface area contributed by atoms with Crippen LogP contribution >= 0.6 is 0 Å². The Morgan fingerprint density at radius 2 is 2.18 bits per heavy atom. The Labute approximate surface area is 105 Å². The van der Waals surface area contributed by atoms with Gasteiger partial charge < -0.3 is 14.6 Å². The SMILES string of the molecule is Cc1occc1CN(C)CCCNCC(C)C. The second-order valence-electron chi connectivity index (χ2n) is 5.19. The Morgan fingerprint density at radius 3 is 2.76 bits per heavy atom. The van der Waals surface area contributed by atoms with Crippen LogP contribution in [0, 0.1) is 12.8 Å². The number of rotatable bonds is 8. The van der Waals surface area contributed by atoms with Crippen LogP contribution in [0.5, 0.6) is 0 Å². The number of furan rings is 1. The molecule has 98 valence electrons. The van der Waals surface area contributed by atoms with Crippen molar-refractivity contribution in [3.8, 4) is 0 Å². The molecule has 0 bridgehead atoms. The highest BCUT2D eigenvalue weighted by molar-refractivity contribution is 5.14. The van der Waals surface area contributed by atoms with E-state index in [0.717, 1.165) is 37.9 Å². The molecule has 0 amide bonds. The smallest absolute Gasteiger partial charge is 0.105 e. The average molecular weight is 238 g/mol. The lowest BCUT2D eigenvalue weighted by molar-refractivity contribution is 0.316. The Morgan fingerprint density at radius 1 is 1.41 bits per heavy atom. The van der Waals surface area contributed by atoms with Crippen LogP contribution in [0.2, 0.25) is 0 Å². The van der Waals surface area contributed by atoms with Gasteiger partial charge >= 0.3 is 0 Å². The number of hydrogen-bond donors (Lipinski definition) is 1. The predicted octanol–water partition coefficient (Wildman–Crippen LogP) is 2.66. The van der Waals surface area contributed by atoms with Crippen LogP contribution in [0.4, 0.5) is 0 Å². The van der Waals surface area contributed by atoms with Crippen molar-refractivity contribution in [1.82, 2.24) is 10.2 Å². The van der Waals surface area contributed by atoms with Crippen molar-refractivity contribution >= 4 is 0 Å². The van der Waals surface area contributed by atoms with E-state index < -0.39 is 0 Å². The zero-order chi connectivity index (χ0) is 12.7. The summed E-state index contributed by atoms with van der Waals surface area (Å²) < 4.78 is 5.30. The van der Waals surface area contributed by atoms with E-state index in [1.165, 1.54) is 12.0 Å². The molecule has 1 N–H and O–H groups in total. The zero-order valence-corrected chi connectivity index (χ0v) is 11.6. The van der Waals surface area contributed by atoms with Gasteiger partial charge in [0.25, 0.3) is 0 Å². The van der Waals surface area contributed by atoms with Gasteiger partial charge in [-0.25, -0.2) is 0 Å². The van der Waals surface area contributed by atoms with Gasteiger partial charge in [-0.1, -0.05) is 13.8 Å². The molecule has 0 aliphatic heterocycles. The third kappa shape index (κ3) is 5.89. The Hall–Kier alpha value is -0.800. The average Bonchev–Trinajstić information content (AvgIpc) is 2.63. The zero-order valence-electron chi connectivity index (χ0n) is 11.6. The number of nitrogens with one attached hydrogen (secondary N) is 1. The summed E-state index contributed by atoms with van der Waals surface area (Å²) in [4.78, 5) is 2.34. The fourth-order valence-corrected chi connectivity index (χ4v) is 1.81. The summed E-state index contributed by atoms with van der Waals surface area (Å²) in [6.07, 6.45) is 2.96.